The lowest BCUT2D eigenvalue weighted by atomic mass is 10.2. The van der Waals surface area contributed by atoms with Crippen molar-refractivity contribution >= 4 is 17.5 Å². The van der Waals surface area contributed by atoms with E-state index >= 15 is 0 Å². The van der Waals surface area contributed by atoms with Crippen molar-refractivity contribution < 1.29 is 4.79 Å². The molecule has 2 aromatic heterocycles. The van der Waals surface area contributed by atoms with Gasteiger partial charge in [0.15, 0.2) is 10.9 Å². The number of thioether (sulfide) groups is 1. The van der Waals surface area contributed by atoms with Gasteiger partial charge in [0.2, 0.25) is 0 Å². The number of carbonyl (C=O) groups excluding carboxylic acids is 1. The van der Waals surface area contributed by atoms with Crippen molar-refractivity contribution in [3.63, 3.8) is 0 Å². The standard InChI is InChI=1S/C19H22N4OS/c1-13(2)22-12-20-21-19(22)25-11-18(24)17-10-14(3)23(15(17)4)16-8-6-5-7-9-16/h5-10,12-13H,11H2,1-4H3. The first-order chi connectivity index (χ1) is 12.0. The minimum Gasteiger partial charge on any atom is -0.318 e. The smallest absolute Gasteiger partial charge is 0.191 e. The highest BCUT2D eigenvalue weighted by atomic mass is 32.2. The Labute approximate surface area is 152 Å². The highest BCUT2D eigenvalue weighted by molar-refractivity contribution is 7.99. The number of aromatic nitrogens is 4. The molecule has 0 N–H and O–H groups in total. The lowest BCUT2D eigenvalue weighted by Gasteiger charge is -2.10. The van der Waals surface area contributed by atoms with Gasteiger partial charge in [0.25, 0.3) is 0 Å². The summed E-state index contributed by atoms with van der Waals surface area (Å²) in [7, 11) is 0. The second kappa shape index (κ2) is 7.27. The van der Waals surface area contributed by atoms with Gasteiger partial charge in [-0.2, -0.15) is 0 Å². The third-order valence-electron chi connectivity index (χ3n) is 4.17. The molecule has 0 aliphatic carbocycles. The Morgan fingerprint density at radius 2 is 1.92 bits per heavy atom. The minimum atomic E-state index is 0.110. The van der Waals surface area contributed by atoms with Gasteiger partial charge in [0, 0.05) is 28.7 Å². The van der Waals surface area contributed by atoms with Crippen LogP contribution in [0.2, 0.25) is 0 Å². The highest BCUT2D eigenvalue weighted by Gasteiger charge is 2.18. The van der Waals surface area contributed by atoms with Crippen LogP contribution in [0, 0.1) is 13.8 Å². The summed E-state index contributed by atoms with van der Waals surface area (Å²) in [6.45, 7) is 8.17. The molecule has 0 unspecified atom stereocenters. The largest absolute Gasteiger partial charge is 0.318 e. The van der Waals surface area contributed by atoms with Gasteiger partial charge in [-0.15, -0.1) is 10.2 Å². The second-order valence-electron chi connectivity index (χ2n) is 6.28. The van der Waals surface area contributed by atoms with Gasteiger partial charge in [-0.25, -0.2) is 0 Å². The first-order valence-corrected chi connectivity index (χ1v) is 9.27. The Hall–Kier alpha value is -2.34. The molecular weight excluding hydrogens is 332 g/mol. The van der Waals surface area contributed by atoms with Crippen molar-refractivity contribution in [3.05, 3.63) is 59.7 Å². The van der Waals surface area contributed by atoms with E-state index in [-0.39, 0.29) is 11.8 Å². The maximum Gasteiger partial charge on any atom is 0.191 e. The van der Waals surface area contributed by atoms with Crippen molar-refractivity contribution in [2.75, 3.05) is 5.75 Å². The van der Waals surface area contributed by atoms with E-state index < -0.39 is 0 Å². The summed E-state index contributed by atoms with van der Waals surface area (Å²) < 4.78 is 4.10. The minimum absolute atomic E-state index is 0.110. The van der Waals surface area contributed by atoms with Crippen molar-refractivity contribution in [1.82, 2.24) is 19.3 Å². The Balaban J connectivity index is 1.80. The molecule has 0 amide bonds. The molecule has 25 heavy (non-hydrogen) atoms. The number of carbonyl (C=O) groups is 1. The maximum absolute atomic E-state index is 12.7. The van der Waals surface area contributed by atoms with Crippen LogP contribution in [0.25, 0.3) is 5.69 Å². The summed E-state index contributed by atoms with van der Waals surface area (Å²) in [6, 6.07) is 12.3. The molecule has 3 aromatic rings. The van der Waals surface area contributed by atoms with Gasteiger partial charge in [-0.1, -0.05) is 30.0 Å². The molecule has 3 rings (SSSR count). The SMILES string of the molecule is Cc1cc(C(=O)CSc2nncn2C(C)C)c(C)n1-c1ccccc1. The number of hydrogen-bond acceptors (Lipinski definition) is 4. The predicted octanol–water partition coefficient (Wildman–Crippen LogP) is 4.24. The van der Waals surface area contributed by atoms with Crippen LogP contribution in [0.1, 0.15) is 41.6 Å². The quantitative estimate of drug-likeness (QED) is 0.491. The van der Waals surface area contributed by atoms with Gasteiger partial charge in [0.1, 0.15) is 6.33 Å². The molecule has 0 saturated carbocycles. The van der Waals surface area contributed by atoms with E-state index in [1.807, 2.05) is 54.8 Å². The third-order valence-corrected chi connectivity index (χ3v) is 5.13. The number of hydrogen-bond donors (Lipinski definition) is 0. The molecule has 0 bridgehead atoms. The Morgan fingerprint density at radius 1 is 1.20 bits per heavy atom. The molecule has 1 aromatic carbocycles. The molecule has 0 saturated heterocycles. The summed E-state index contributed by atoms with van der Waals surface area (Å²) in [4.78, 5) is 12.7. The zero-order chi connectivity index (χ0) is 18.0. The summed E-state index contributed by atoms with van der Waals surface area (Å²) in [5, 5.41) is 8.84. The molecule has 0 aliphatic heterocycles. The van der Waals surface area contributed by atoms with Crippen molar-refractivity contribution in [3.8, 4) is 5.69 Å². The fourth-order valence-electron chi connectivity index (χ4n) is 2.92. The van der Waals surface area contributed by atoms with Crippen LogP contribution in [-0.2, 0) is 0 Å². The van der Waals surface area contributed by atoms with Crippen LogP contribution in [0.15, 0.2) is 47.9 Å². The molecule has 0 atom stereocenters. The van der Waals surface area contributed by atoms with E-state index in [9.17, 15) is 4.79 Å². The monoisotopic (exact) mass is 354 g/mol. The molecular formula is C19H22N4OS. The number of Topliss-reactive ketones (excluding diaryl/α,β-unsaturated/α-hetero) is 1. The summed E-state index contributed by atoms with van der Waals surface area (Å²) in [5.41, 5.74) is 3.87. The van der Waals surface area contributed by atoms with Crippen molar-refractivity contribution in [1.29, 1.82) is 0 Å². The van der Waals surface area contributed by atoms with Gasteiger partial charge < -0.3 is 9.13 Å². The molecule has 2 heterocycles. The van der Waals surface area contributed by atoms with Gasteiger partial charge in [-0.05, 0) is 45.9 Å². The van der Waals surface area contributed by atoms with Crippen LogP contribution < -0.4 is 0 Å². The number of para-hydroxylation sites is 1. The average molecular weight is 354 g/mol. The van der Waals surface area contributed by atoms with E-state index in [0.29, 0.717) is 5.75 Å². The van der Waals surface area contributed by atoms with E-state index in [1.165, 1.54) is 11.8 Å². The molecule has 6 heteroatoms. The second-order valence-corrected chi connectivity index (χ2v) is 7.22. The first kappa shape index (κ1) is 17.5. The number of nitrogens with zero attached hydrogens (tertiary/aromatic N) is 4. The molecule has 0 aliphatic rings. The van der Waals surface area contributed by atoms with Crippen LogP contribution in [0.4, 0.5) is 0 Å². The van der Waals surface area contributed by atoms with E-state index in [0.717, 1.165) is 27.8 Å². The number of aryl methyl sites for hydroxylation is 1. The number of rotatable bonds is 6. The van der Waals surface area contributed by atoms with Crippen LogP contribution >= 0.6 is 11.8 Å². The zero-order valence-corrected chi connectivity index (χ0v) is 15.7. The lowest BCUT2D eigenvalue weighted by molar-refractivity contribution is 0.102. The fraction of sp³-hybridized carbons (Fsp3) is 0.316. The van der Waals surface area contributed by atoms with Gasteiger partial charge >= 0.3 is 0 Å². The fourth-order valence-corrected chi connectivity index (χ4v) is 3.84. The van der Waals surface area contributed by atoms with Crippen LogP contribution in [-0.4, -0.2) is 30.9 Å². The zero-order valence-electron chi connectivity index (χ0n) is 14.9. The molecule has 5 nitrogen and oxygen atoms in total. The topological polar surface area (TPSA) is 52.7 Å². The summed E-state index contributed by atoms with van der Waals surface area (Å²) in [5.74, 6) is 0.461. The van der Waals surface area contributed by atoms with Crippen LogP contribution in [0.5, 0.6) is 0 Å². The van der Waals surface area contributed by atoms with Gasteiger partial charge in [-0.3, -0.25) is 4.79 Å². The van der Waals surface area contributed by atoms with Gasteiger partial charge in [0.05, 0.1) is 5.75 Å². The lowest BCUT2D eigenvalue weighted by Crippen LogP contribution is -2.07. The maximum atomic E-state index is 12.7. The van der Waals surface area contributed by atoms with Crippen molar-refractivity contribution in [2.24, 2.45) is 0 Å². The Morgan fingerprint density at radius 3 is 2.60 bits per heavy atom. The molecule has 0 fully saturated rings. The molecule has 0 spiro atoms. The average Bonchev–Trinajstić information content (AvgIpc) is 3.18. The highest BCUT2D eigenvalue weighted by Crippen LogP contribution is 2.24. The number of benzene rings is 1. The first-order valence-electron chi connectivity index (χ1n) is 8.29. The molecule has 0 radical (unpaired) electrons. The Bertz CT molecular complexity index is 880. The van der Waals surface area contributed by atoms with E-state index in [1.54, 1.807) is 6.33 Å². The van der Waals surface area contributed by atoms with E-state index in [2.05, 4.69) is 28.6 Å². The van der Waals surface area contributed by atoms with E-state index in [4.69, 9.17) is 0 Å². The Kier molecular flexibility index (Phi) is 5.08. The van der Waals surface area contributed by atoms with Crippen molar-refractivity contribution in [2.45, 2.75) is 38.9 Å². The summed E-state index contributed by atoms with van der Waals surface area (Å²) >= 11 is 1.44. The predicted molar refractivity (Wildman–Crippen MR) is 101 cm³/mol. The number of ketones is 1. The third kappa shape index (κ3) is 3.54. The van der Waals surface area contributed by atoms with Crippen LogP contribution in [0.3, 0.4) is 0 Å². The summed E-state index contributed by atoms with van der Waals surface area (Å²) in [6.07, 6.45) is 1.71. The normalized spacial score (nSPS) is 11.2. The molecule has 130 valence electrons.